The van der Waals surface area contributed by atoms with Crippen LogP contribution >= 0.6 is 12.4 Å². The molecule has 0 saturated heterocycles. The predicted molar refractivity (Wildman–Crippen MR) is 76.4 cm³/mol. The number of amides is 1. The van der Waals surface area contributed by atoms with E-state index in [-0.39, 0.29) is 29.8 Å². The van der Waals surface area contributed by atoms with Crippen LogP contribution in [-0.2, 0) is 4.79 Å². The van der Waals surface area contributed by atoms with Gasteiger partial charge in [-0.25, -0.2) is 0 Å². The molecule has 1 unspecified atom stereocenters. The first-order valence-corrected chi connectivity index (χ1v) is 6.40. The summed E-state index contributed by atoms with van der Waals surface area (Å²) < 4.78 is 0. The maximum atomic E-state index is 12.0. The SMILES string of the molecule is CCC(CC)C(=O)NC(C)(CN)CC(C)C.Cl. The quantitative estimate of drug-likeness (QED) is 0.743. The second-order valence-electron chi connectivity index (χ2n) is 5.37. The average Bonchev–Trinajstić information content (AvgIpc) is 2.18. The maximum Gasteiger partial charge on any atom is 0.223 e. The highest BCUT2D eigenvalue weighted by Crippen LogP contribution is 2.17. The van der Waals surface area contributed by atoms with Crippen molar-refractivity contribution in [3.05, 3.63) is 0 Å². The molecule has 1 atom stereocenters. The molecule has 1 amide bonds. The Kier molecular flexibility index (Phi) is 9.82. The highest BCUT2D eigenvalue weighted by atomic mass is 35.5. The van der Waals surface area contributed by atoms with Gasteiger partial charge in [0.05, 0.1) is 0 Å². The minimum Gasteiger partial charge on any atom is -0.349 e. The molecule has 0 fully saturated rings. The third-order valence-corrected chi connectivity index (χ3v) is 3.09. The Morgan fingerprint density at radius 1 is 1.29 bits per heavy atom. The van der Waals surface area contributed by atoms with Gasteiger partial charge in [-0.15, -0.1) is 12.4 Å². The first-order valence-electron chi connectivity index (χ1n) is 6.40. The number of nitrogens with one attached hydrogen (secondary N) is 1. The molecule has 4 heteroatoms. The fraction of sp³-hybridized carbons (Fsp3) is 0.923. The van der Waals surface area contributed by atoms with Crippen molar-refractivity contribution in [1.82, 2.24) is 5.32 Å². The molecule has 0 heterocycles. The van der Waals surface area contributed by atoms with Crippen LogP contribution in [0.2, 0.25) is 0 Å². The Balaban J connectivity index is 0. The summed E-state index contributed by atoms with van der Waals surface area (Å²) in [6.45, 7) is 10.9. The second-order valence-corrected chi connectivity index (χ2v) is 5.37. The zero-order valence-electron chi connectivity index (χ0n) is 11.9. The molecule has 0 spiro atoms. The van der Waals surface area contributed by atoms with Crippen molar-refractivity contribution in [1.29, 1.82) is 0 Å². The van der Waals surface area contributed by atoms with Gasteiger partial charge in [-0.3, -0.25) is 4.79 Å². The Hall–Kier alpha value is -0.280. The number of hydrogen-bond acceptors (Lipinski definition) is 2. The number of hydrogen-bond donors (Lipinski definition) is 2. The van der Waals surface area contributed by atoms with Gasteiger partial charge in [0.15, 0.2) is 0 Å². The van der Waals surface area contributed by atoms with Gasteiger partial charge in [0, 0.05) is 18.0 Å². The summed E-state index contributed by atoms with van der Waals surface area (Å²) in [6.07, 6.45) is 2.71. The van der Waals surface area contributed by atoms with Crippen LogP contribution in [0.4, 0.5) is 0 Å². The number of carbonyl (C=O) groups excluding carboxylic acids is 1. The monoisotopic (exact) mass is 264 g/mol. The van der Waals surface area contributed by atoms with E-state index in [0.29, 0.717) is 12.5 Å². The molecular formula is C13H29ClN2O. The molecule has 0 rings (SSSR count). The second kappa shape index (κ2) is 8.76. The van der Waals surface area contributed by atoms with E-state index in [1.54, 1.807) is 0 Å². The molecule has 0 aliphatic heterocycles. The molecule has 0 saturated carbocycles. The molecule has 0 aliphatic carbocycles. The van der Waals surface area contributed by atoms with Crippen molar-refractivity contribution in [3.8, 4) is 0 Å². The summed E-state index contributed by atoms with van der Waals surface area (Å²) in [6, 6.07) is 0. The lowest BCUT2D eigenvalue weighted by Gasteiger charge is -2.32. The van der Waals surface area contributed by atoms with Crippen LogP contribution in [0.1, 0.15) is 53.9 Å². The Morgan fingerprint density at radius 3 is 2.06 bits per heavy atom. The summed E-state index contributed by atoms with van der Waals surface area (Å²) in [7, 11) is 0. The summed E-state index contributed by atoms with van der Waals surface area (Å²) in [5.41, 5.74) is 5.52. The van der Waals surface area contributed by atoms with E-state index in [1.807, 2.05) is 6.92 Å². The third-order valence-electron chi connectivity index (χ3n) is 3.09. The largest absolute Gasteiger partial charge is 0.349 e. The zero-order valence-corrected chi connectivity index (χ0v) is 12.7. The molecule has 0 aromatic heterocycles. The van der Waals surface area contributed by atoms with Crippen molar-refractivity contribution in [2.24, 2.45) is 17.6 Å². The molecule has 17 heavy (non-hydrogen) atoms. The Morgan fingerprint density at radius 2 is 1.76 bits per heavy atom. The van der Waals surface area contributed by atoms with Gasteiger partial charge in [-0.05, 0) is 32.1 Å². The number of rotatable bonds is 7. The van der Waals surface area contributed by atoms with E-state index in [4.69, 9.17) is 5.73 Å². The summed E-state index contributed by atoms with van der Waals surface area (Å²) in [5, 5.41) is 3.11. The van der Waals surface area contributed by atoms with E-state index >= 15 is 0 Å². The van der Waals surface area contributed by atoms with E-state index in [2.05, 4.69) is 33.0 Å². The van der Waals surface area contributed by atoms with Crippen molar-refractivity contribution in [2.75, 3.05) is 6.54 Å². The van der Waals surface area contributed by atoms with Gasteiger partial charge in [0.2, 0.25) is 5.91 Å². The molecular weight excluding hydrogens is 236 g/mol. The zero-order chi connectivity index (χ0) is 12.8. The predicted octanol–water partition coefficient (Wildman–Crippen LogP) is 2.72. The van der Waals surface area contributed by atoms with Gasteiger partial charge in [-0.1, -0.05) is 27.7 Å². The topological polar surface area (TPSA) is 55.1 Å². The van der Waals surface area contributed by atoms with Gasteiger partial charge in [-0.2, -0.15) is 0 Å². The molecule has 0 bridgehead atoms. The lowest BCUT2D eigenvalue weighted by atomic mass is 9.89. The van der Waals surface area contributed by atoms with Crippen LogP contribution in [0.3, 0.4) is 0 Å². The highest BCUT2D eigenvalue weighted by Gasteiger charge is 2.27. The highest BCUT2D eigenvalue weighted by molar-refractivity contribution is 5.85. The van der Waals surface area contributed by atoms with Crippen LogP contribution in [0.15, 0.2) is 0 Å². The Bertz CT molecular complexity index is 217. The minimum atomic E-state index is -0.256. The van der Waals surface area contributed by atoms with Crippen LogP contribution in [0.5, 0.6) is 0 Å². The number of halogens is 1. The molecule has 0 aromatic rings. The van der Waals surface area contributed by atoms with Gasteiger partial charge >= 0.3 is 0 Å². The lowest BCUT2D eigenvalue weighted by Crippen LogP contribution is -2.53. The first kappa shape index (κ1) is 19.1. The smallest absolute Gasteiger partial charge is 0.223 e. The van der Waals surface area contributed by atoms with Gasteiger partial charge in [0.25, 0.3) is 0 Å². The summed E-state index contributed by atoms with van der Waals surface area (Å²) in [5.74, 6) is 0.812. The fourth-order valence-corrected chi connectivity index (χ4v) is 2.15. The number of nitrogens with two attached hydrogens (primary N) is 1. The minimum absolute atomic E-state index is 0. The van der Waals surface area contributed by atoms with Crippen molar-refractivity contribution >= 4 is 18.3 Å². The molecule has 104 valence electrons. The number of carbonyl (C=O) groups is 1. The van der Waals surface area contributed by atoms with Crippen molar-refractivity contribution in [2.45, 2.75) is 59.4 Å². The fourth-order valence-electron chi connectivity index (χ4n) is 2.15. The van der Waals surface area contributed by atoms with Crippen molar-refractivity contribution < 1.29 is 4.79 Å². The molecule has 0 radical (unpaired) electrons. The summed E-state index contributed by atoms with van der Waals surface area (Å²) in [4.78, 5) is 12.0. The van der Waals surface area contributed by atoms with Crippen LogP contribution in [0.25, 0.3) is 0 Å². The average molecular weight is 265 g/mol. The Labute approximate surface area is 112 Å². The molecule has 3 N–H and O–H groups in total. The van der Waals surface area contributed by atoms with E-state index in [0.717, 1.165) is 19.3 Å². The lowest BCUT2D eigenvalue weighted by molar-refractivity contribution is -0.127. The molecule has 0 aliphatic rings. The van der Waals surface area contributed by atoms with Gasteiger partial charge < -0.3 is 11.1 Å². The maximum absolute atomic E-state index is 12.0. The van der Waals surface area contributed by atoms with Crippen LogP contribution in [-0.4, -0.2) is 18.0 Å². The van der Waals surface area contributed by atoms with Crippen LogP contribution in [0, 0.1) is 11.8 Å². The van der Waals surface area contributed by atoms with Crippen molar-refractivity contribution in [3.63, 3.8) is 0 Å². The normalized spacial score (nSPS) is 14.4. The summed E-state index contributed by atoms with van der Waals surface area (Å²) >= 11 is 0. The van der Waals surface area contributed by atoms with E-state index < -0.39 is 0 Å². The third kappa shape index (κ3) is 6.89. The molecule has 3 nitrogen and oxygen atoms in total. The standard InChI is InChI=1S/C13H28N2O.ClH/c1-6-11(7-2)12(16)15-13(5,9-14)8-10(3)4;/h10-11H,6-9,14H2,1-5H3,(H,15,16);1H. The van der Waals surface area contributed by atoms with E-state index in [1.165, 1.54) is 0 Å². The molecule has 0 aromatic carbocycles. The van der Waals surface area contributed by atoms with E-state index in [9.17, 15) is 4.79 Å². The van der Waals surface area contributed by atoms with Gasteiger partial charge in [0.1, 0.15) is 0 Å². The van der Waals surface area contributed by atoms with Crippen LogP contribution < -0.4 is 11.1 Å². The first-order chi connectivity index (χ1) is 7.38.